The minimum absolute atomic E-state index is 0.0329. The molecule has 16 atom stereocenters. The van der Waals surface area contributed by atoms with Gasteiger partial charge in [0.2, 0.25) is 0 Å². The van der Waals surface area contributed by atoms with E-state index in [1.165, 1.54) is 19.3 Å². The van der Waals surface area contributed by atoms with Crippen LogP contribution >= 0.6 is 0 Å². The summed E-state index contributed by atoms with van der Waals surface area (Å²) in [6.45, 7) is 2.31. The first-order valence-electron chi connectivity index (χ1n) is 10.8. The molecule has 6 aliphatic carbocycles. The smallest absolute Gasteiger partial charge is 0.0649 e. The summed E-state index contributed by atoms with van der Waals surface area (Å²) < 4.78 is 6.79. The molecule has 2 heterocycles. The van der Waals surface area contributed by atoms with Crippen molar-refractivity contribution in [2.75, 3.05) is 0 Å². The van der Waals surface area contributed by atoms with E-state index >= 15 is 0 Å². The Kier molecular flexibility index (Phi) is 1.99. The quantitative estimate of drug-likeness (QED) is 0.548. The summed E-state index contributed by atoms with van der Waals surface area (Å²) >= 11 is 0. The van der Waals surface area contributed by atoms with E-state index in [-0.39, 0.29) is 6.10 Å². The molecule has 2 nitrogen and oxygen atoms in total. The zero-order chi connectivity index (χ0) is 15.5. The average molecular weight is 324 g/mol. The zero-order valence-electron chi connectivity index (χ0n) is 14.4. The third kappa shape index (κ3) is 1.08. The second-order valence-corrected chi connectivity index (χ2v) is 11.0. The number of rotatable bonds is 0. The van der Waals surface area contributed by atoms with Crippen LogP contribution in [0.5, 0.6) is 0 Å². The van der Waals surface area contributed by atoms with E-state index in [1.54, 1.807) is 0 Å². The van der Waals surface area contributed by atoms with Gasteiger partial charge in [-0.3, -0.25) is 0 Å². The van der Waals surface area contributed by atoms with Crippen molar-refractivity contribution >= 4 is 0 Å². The molecule has 8 rings (SSSR count). The largest absolute Gasteiger partial charge is 0.393 e. The van der Waals surface area contributed by atoms with Crippen molar-refractivity contribution in [1.82, 2.24) is 0 Å². The van der Waals surface area contributed by atoms with Crippen molar-refractivity contribution in [2.24, 2.45) is 76.9 Å². The van der Waals surface area contributed by atoms with E-state index < -0.39 is 0 Å². The summed E-state index contributed by atoms with van der Waals surface area (Å²) in [6.07, 6.45) is 10.5. The van der Waals surface area contributed by atoms with Gasteiger partial charge in [-0.05, 0) is 96.2 Å². The minimum Gasteiger partial charge on any atom is -0.393 e. The summed E-state index contributed by atoms with van der Waals surface area (Å²) in [4.78, 5) is 0. The van der Waals surface area contributed by atoms with Gasteiger partial charge in [-0.1, -0.05) is 19.1 Å². The molecule has 5 saturated carbocycles. The summed E-state index contributed by atoms with van der Waals surface area (Å²) in [5.41, 5.74) is 0. The maximum atomic E-state index is 10.7. The van der Waals surface area contributed by atoms with Crippen molar-refractivity contribution < 1.29 is 9.84 Å². The number of aliphatic hydroxyl groups is 1. The number of fused-ring (bicyclic) bond motifs is 23. The number of hydrogen-bond acceptors (Lipinski definition) is 2. The van der Waals surface area contributed by atoms with Gasteiger partial charge in [-0.2, -0.15) is 0 Å². The van der Waals surface area contributed by atoms with E-state index in [4.69, 9.17) is 4.74 Å². The highest BCUT2D eigenvalue weighted by Gasteiger charge is 2.77. The molecule has 1 N–H and O–H groups in total. The Labute approximate surface area is 144 Å². The molecule has 0 aromatic carbocycles. The van der Waals surface area contributed by atoms with Crippen molar-refractivity contribution in [2.45, 2.75) is 44.5 Å². The first-order valence-corrected chi connectivity index (χ1v) is 10.8. The van der Waals surface area contributed by atoms with Gasteiger partial charge in [0.05, 0.1) is 18.3 Å². The molecule has 16 unspecified atom stereocenters. The minimum atomic E-state index is -0.0329. The van der Waals surface area contributed by atoms with Gasteiger partial charge in [-0.15, -0.1) is 0 Å². The first kappa shape index (κ1) is 12.9. The van der Waals surface area contributed by atoms with E-state index in [1.807, 2.05) is 0 Å². The molecule has 128 valence electrons. The average Bonchev–Trinajstić information content (AvgIpc) is 3.39. The fourth-order valence-corrected chi connectivity index (χ4v) is 10.8. The number of aliphatic hydroxyl groups excluding tert-OH is 1. The number of allylic oxidation sites excluding steroid dienone is 2. The predicted molar refractivity (Wildman–Crippen MR) is 88.7 cm³/mol. The van der Waals surface area contributed by atoms with Gasteiger partial charge in [-0.25, -0.2) is 0 Å². The van der Waals surface area contributed by atoms with E-state index in [0.717, 1.165) is 65.1 Å². The molecule has 0 spiro atoms. The Hall–Kier alpha value is -0.340. The lowest BCUT2D eigenvalue weighted by Gasteiger charge is -2.48. The molecule has 0 radical (unpaired) electrons. The zero-order valence-corrected chi connectivity index (χ0v) is 14.4. The Morgan fingerprint density at radius 3 is 1.92 bits per heavy atom. The van der Waals surface area contributed by atoms with Gasteiger partial charge in [0, 0.05) is 0 Å². The Balaban J connectivity index is 1.23. The Bertz CT molecular complexity index is 619. The van der Waals surface area contributed by atoms with Crippen LogP contribution in [0.4, 0.5) is 0 Å². The fraction of sp³-hybridized carbons (Fsp3) is 0.909. The predicted octanol–water partition coefficient (Wildman–Crippen LogP) is 2.97. The Morgan fingerprint density at radius 1 is 0.708 bits per heavy atom. The van der Waals surface area contributed by atoms with E-state index in [0.29, 0.717) is 24.0 Å². The van der Waals surface area contributed by atoms with Gasteiger partial charge >= 0.3 is 0 Å². The normalized spacial score (nSPS) is 77.6. The molecule has 8 bridgehead atoms. The summed E-state index contributed by atoms with van der Waals surface area (Å²) in [5, 5.41) is 10.7. The van der Waals surface area contributed by atoms with Gasteiger partial charge in [0.25, 0.3) is 0 Å². The molecule has 24 heavy (non-hydrogen) atoms. The highest BCUT2D eigenvalue weighted by atomic mass is 16.5. The van der Waals surface area contributed by atoms with Gasteiger partial charge in [0.1, 0.15) is 0 Å². The van der Waals surface area contributed by atoms with Gasteiger partial charge in [0.15, 0.2) is 0 Å². The summed E-state index contributed by atoms with van der Waals surface area (Å²) in [6, 6.07) is 0. The van der Waals surface area contributed by atoms with Crippen LogP contribution in [0.3, 0.4) is 0 Å². The topological polar surface area (TPSA) is 29.5 Å². The molecule has 8 aliphatic rings. The second kappa shape index (κ2) is 3.69. The SMILES string of the molecule is CC1C(O)C2CC1C1C3OC(C21)C1C2CC(C4C5C=CC(C5)C24)C31. The van der Waals surface area contributed by atoms with Crippen LogP contribution in [0.25, 0.3) is 0 Å². The van der Waals surface area contributed by atoms with Crippen LogP contribution in [0.15, 0.2) is 12.2 Å². The molecule has 0 aromatic heterocycles. The van der Waals surface area contributed by atoms with Crippen molar-refractivity contribution in [3.05, 3.63) is 12.2 Å². The maximum Gasteiger partial charge on any atom is 0.0649 e. The second-order valence-electron chi connectivity index (χ2n) is 11.0. The molecular formula is C22H28O2. The van der Waals surface area contributed by atoms with Crippen LogP contribution in [-0.4, -0.2) is 23.4 Å². The van der Waals surface area contributed by atoms with Crippen LogP contribution in [0.2, 0.25) is 0 Å². The van der Waals surface area contributed by atoms with Crippen molar-refractivity contribution in [1.29, 1.82) is 0 Å². The van der Waals surface area contributed by atoms with E-state index in [9.17, 15) is 5.11 Å². The highest BCUT2D eigenvalue weighted by Crippen LogP contribution is 2.77. The van der Waals surface area contributed by atoms with E-state index in [2.05, 4.69) is 19.1 Å². The van der Waals surface area contributed by atoms with Crippen LogP contribution in [-0.2, 0) is 4.74 Å². The lowest BCUT2D eigenvalue weighted by atomic mass is 9.54. The van der Waals surface area contributed by atoms with Crippen LogP contribution < -0.4 is 0 Å². The molecule has 2 heteroatoms. The van der Waals surface area contributed by atoms with Crippen molar-refractivity contribution in [3.63, 3.8) is 0 Å². The molecule has 7 fully saturated rings. The van der Waals surface area contributed by atoms with Crippen LogP contribution in [0, 0.1) is 76.9 Å². The first-order chi connectivity index (χ1) is 11.7. The third-order valence-corrected chi connectivity index (χ3v) is 11.0. The molecule has 2 aliphatic heterocycles. The third-order valence-electron chi connectivity index (χ3n) is 11.0. The van der Waals surface area contributed by atoms with Crippen LogP contribution in [0.1, 0.15) is 26.2 Å². The molecule has 0 aromatic rings. The molecule has 2 saturated heterocycles. The van der Waals surface area contributed by atoms with Gasteiger partial charge < -0.3 is 9.84 Å². The lowest BCUT2D eigenvalue weighted by Crippen LogP contribution is -2.52. The summed E-state index contributed by atoms with van der Waals surface area (Å²) in [5.74, 6) is 11.0. The number of hydrogen-bond donors (Lipinski definition) is 1. The monoisotopic (exact) mass is 324 g/mol. The maximum absolute atomic E-state index is 10.7. The lowest BCUT2D eigenvalue weighted by molar-refractivity contribution is -0.0362. The summed E-state index contributed by atoms with van der Waals surface area (Å²) in [7, 11) is 0. The van der Waals surface area contributed by atoms with Crippen molar-refractivity contribution in [3.8, 4) is 0 Å². The standard InChI is InChI=1S/C22H28O2/c1-7-10-5-13(20(7)23)19-16(10)21-17-11-6-12(18(17)22(19)24-21)15-9-3-2-8(4-9)14(11)15/h2-3,7-23H,4-6H2,1H3. The molecular weight excluding hydrogens is 296 g/mol. The molecule has 0 amide bonds. The highest BCUT2D eigenvalue weighted by molar-refractivity contribution is 5.28. The Morgan fingerprint density at radius 2 is 1.25 bits per heavy atom. The number of ether oxygens (including phenoxy) is 1. The fourth-order valence-electron chi connectivity index (χ4n) is 10.8.